The molecular formula is C16H18FN3O. The van der Waals surface area contributed by atoms with Crippen LogP contribution in [0.2, 0.25) is 0 Å². The second-order valence-electron chi connectivity index (χ2n) is 4.74. The third-order valence-corrected chi connectivity index (χ3v) is 2.89. The molecule has 0 spiro atoms. The number of halogens is 1. The molecule has 4 nitrogen and oxygen atoms in total. The molecule has 2 rings (SSSR count). The lowest BCUT2D eigenvalue weighted by Crippen LogP contribution is -2.14. The van der Waals surface area contributed by atoms with E-state index >= 15 is 0 Å². The number of para-hydroxylation sites is 1. The smallest absolute Gasteiger partial charge is 0.255 e. The minimum atomic E-state index is -0.457. The van der Waals surface area contributed by atoms with Gasteiger partial charge < -0.3 is 10.6 Å². The zero-order chi connectivity index (χ0) is 15.2. The van der Waals surface area contributed by atoms with Crippen molar-refractivity contribution in [3.8, 4) is 0 Å². The lowest BCUT2D eigenvalue weighted by Gasteiger charge is -2.09. The maximum absolute atomic E-state index is 13.6. The second-order valence-corrected chi connectivity index (χ2v) is 4.74. The topological polar surface area (TPSA) is 54.0 Å². The Morgan fingerprint density at radius 1 is 1.29 bits per heavy atom. The van der Waals surface area contributed by atoms with Crippen molar-refractivity contribution in [3.05, 3.63) is 53.5 Å². The Morgan fingerprint density at radius 2 is 2.05 bits per heavy atom. The van der Waals surface area contributed by atoms with Gasteiger partial charge in [-0.15, -0.1) is 0 Å². The first-order valence-electron chi connectivity index (χ1n) is 6.88. The molecule has 110 valence electrons. The molecule has 1 heterocycles. The van der Waals surface area contributed by atoms with Gasteiger partial charge in [0.2, 0.25) is 0 Å². The monoisotopic (exact) mass is 287 g/mol. The van der Waals surface area contributed by atoms with Crippen LogP contribution in [-0.2, 0) is 0 Å². The van der Waals surface area contributed by atoms with Gasteiger partial charge in [-0.1, -0.05) is 19.1 Å². The maximum Gasteiger partial charge on any atom is 0.255 e. The van der Waals surface area contributed by atoms with E-state index in [1.807, 2.05) is 6.92 Å². The van der Waals surface area contributed by atoms with Gasteiger partial charge in [0.05, 0.1) is 5.69 Å². The van der Waals surface area contributed by atoms with Crippen LogP contribution >= 0.6 is 0 Å². The molecule has 5 heteroatoms. The summed E-state index contributed by atoms with van der Waals surface area (Å²) < 4.78 is 13.6. The van der Waals surface area contributed by atoms with Crippen molar-refractivity contribution < 1.29 is 9.18 Å². The van der Waals surface area contributed by atoms with Crippen LogP contribution in [0.25, 0.3) is 0 Å². The highest BCUT2D eigenvalue weighted by atomic mass is 19.1. The number of rotatable bonds is 5. The standard InChI is InChI=1S/C16H18FN3O/c1-3-8-18-15-10-12(9-11(2)19-15)16(21)20-14-7-5-4-6-13(14)17/h4-7,9-10H,3,8H2,1-2H3,(H,18,19)(H,20,21). The van der Waals surface area contributed by atoms with E-state index in [1.54, 1.807) is 24.3 Å². The fraction of sp³-hybridized carbons (Fsp3) is 0.250. The van der Waals surface area contributed by atoms with E-state index in [2.05, 4.69) is 22.5 Å². The number of aryl methyl sites for hydroxylation is 1. The van der Waals surface area contributed by atoms with Gasteiger partial charge in [-0.05, 0) is 37.6 Å². The number of carbonyl (C=O) groups is 1. The Balaban J connectivity index is 2.19. The molecule has 1 amide bonds. The first kappa shape index (κ1) is 15.0. The van der Waals surface area contributed by atoms with Gasteiger partial charge in [-0.3, -0.25) is 4.79 Å². The Kier molecular flexibility index (Phi) is 4.87. The van der Waals surface area contributed by atoms with Crippen molar-refractivity contribution >= 4 is 17.4 Å². The van der Waals surface area contributed by atoms with Crippen molar-refractivity contribution in [1.82, 2.24) is 4.98 Å². The van der Waals surface area contributed by atoms with Gasteiger partial charge in [0.25, 0.3) is 5.91 Å². The molecule has 0 atom stereocenters. The fourth-order valence-electron chi connectivity index (χ4n) is 1.90. The van der Waals surface area contributed by atoms with E-state index in [1.165, 1.54) is 12.1 Å². The highest BCUT2D eigenvalue weighted by Gasteiger charge is 2.11. The van der Waals surface area contributed by atoms with Gasteiger partial charge in [-0.25, -0.2) is 9.37 Å². The zero-order valence-electron chi connectivity index (χ0n) is 12.1. The van der Waals surface area contributed by atoms with Crippen LogP contribution in [0.4, 0.5) is 15.9 Å². The third kappa shape index (κ3) is 4.02. The normalized spacial score (nSPS) is 10.2. The molecule has 0 aliphatic heterocycles. The summed E-state index contributed by atoms with van der Waals surface area (Å²) in [5.41, 5.74) is 1.35. The Bertz CT molecular complexity index is 643. The van der Waals surface area contributed by atoms with Crippen molar-refractivity contribution in [2.24, 2.45) is 0 Å². The Hall–Kier alpha value is -2.43. The SMILES string of the molecule is CCCNc1cc(C(=O)Nc2ccccc2F)cc(C)n1. The molecule has 0 saturated heterocycles. The van der Waals surface area contributed by atoms with Crippen molar-refractivity contribution in [2.45, 2.75) is 20.3 Å². The number of hydrogen-bond acceptors (Lipinski definition) is 3. The van der Waals surface area contributed by atoms with Gasteiger partial charge in [0.15, 0.2) is 0 Å². The minimum Gasteiger partial charge on any atom is -0.370 e. The minimum absolute atomic E-state index is 0.167. The summed E-state index contributed by atoms with van der Waals surface area (Å²) in [6.07, 6.45) is 0.965. The average molecular weight is 287 g/mol. The quantitative estimate of drug-likeness (QED) is 0.883. The van der Waals surface area contributed by atoms with E-state index in [4.69, 9.17) is 0 Å². The number of benzene rings is 1. The van der Waals surface area contributed by atoms with Crippen LogP contribution in [0.1, 0.15) is 29.4 Å². The highest BCUT2D eigenvalue weighted by Crippen LogP contribution is 2.16. The molecule has 1 aromatic carbocycles. The molecule has 0 bridgehead atoms. The van der Waals surface area contributed by atoms with Crippen LogP contribution in [0.5, 0.6) is 0 Å². The second kappa shape index (κ2) is 6.83. The molecule has 21 heavy (non-hydrogen) atoms. The average Bonchev–Trinajstić information content (AvgIpc) is 2.47. The van der Waals surface area contributed by atoms with Crippen molar-refractivity contribution in [2.75, 3.05) is 17.2 Å². The van der Waals surface area contributed by atoms with E-state index in [9.17, 15) is 9.18 Å². The number of amides is 1. The molecule has 2 N–H and O–H groups in total. The largest absolute Gasteiger partial charge is 0.370 e. The van der Waals surface area contributed by atoms with Crippen LogP contribution in [0.15, 0.2) is 36.4 Å². The molecular weight excluding hydrogens is 269 g/mol. The van der Waals surface area contributed by atoms with Gasteiger partial charge >= 0.3 is 0 Å². The molecule has 0 aliphatic rings. The number of anilines is 2. The van der Waals surface area contributed by atoms with Crippen LogP contribution < -0.4 is 10.6 Å². The number of carbonyl (C=O) groups excluding carboxylic acids is 1. The van der Waals surface area contributed by atoms with Crippen molar-refractivity contribution in [3.63, 3.8) is 0 Å². The summed E-state index contributed by atoms with van der Waals surface area (Å²) in [5.74, 6) is -0.165. The first-order valence-corrected chi connectivity index (χ1v) is 6.88. The van der Waals surface area contributed by atoms with Gasteiger partial charge in [0.1, 0.15) is 11.6 Å². The molecule has 0 fully saturated rings. The molecule has 1 aromatic heterocycles. The summed E-state index contributed by atoms with van der Waals surface area (Å²) in [7, 11) is 0. The predicted octanol–water partition coefficient (Wildman–Crippen LogP) is 3.60. The summed E-state index contributed by atoms with van der Waals surface area (Å²) in [5, 5.41) is 5.71. The van der Waals surface area contributed by atoms with E-state index in [-0.39, 0.29) is 11.6 Å². The number of pyridine rings is 1. The molecule has 0 radical (unpaired) electrons. The molecule has 0 saturated carbocycles. The van der Waals surface area contributed by atoms with Gasteiger partial charge in [-0.2, -0.15) is 0 Å². The van der Waals surface area contributed by atoms with E-state index < -0.39 is 5.82 Å². The first-order chi connectivity index (χ1) is 10.1. The number of hydrogen-bond donors (Lipinski definition) is 2. The molecule has 2 aromatic rings. The maximum atomic E-state index is 13.6. The molecule has 0 unspecified atom stereocenters. The van der Waals surface area contributed by atoms with Crippen LogP contribution in [-0.4, -0.2) is 17.4 Å². The lowest BCUT2D eigenvalue weighted by atomic mass is 10.2. The summed E-state index contributed by atoms with van der Waals surface area (Å²) in [4.78, 5) is 16.5. The summed E-state index contributed by atoms with van der Waals surface area (Å²) in [6, 6.07) is 9.42. The highest BCUT2D eigenvalue weighted by molar-refractivity contribution is 6.04. The van der Waals surface area contributed by atoms with Crippen molar-refractivity contribution in [1.29, 1.82) is 0 Å². The number of nitrogens with one attached hydrogen (secondary N) is 2. The molecule has 0 aliphatic carbocycles. The van der Waals surface area contributed by atoms with Crippen LogP contribution in [0.3, 0.4) is 0 Å². The Morgan fingerprint density at radius 3 is 2.76 bits per heavy atom. The zero-order valence-corrected chi connectivity index (χ0v) is 12.1. The fourth-order valence-corrected chi connectivity index (χ4v) is 1.90. The summed E-state index contributed by atoms with van der Waals surface area (Å²) in [6.45, 7) is 4.65. The Labute approximate surface area is 123 Å². The summed E-state index contributed by atoms with van der Waals surface area (Å²) >= 11 is 0. The predicted molar refractivity (Wildman–Crippen MR) is 82.1 cm³/mol. The van der Waals surface area contributed by atoms with E-state index in [0.717, 1.165) is 18.7 Å². The third-order valence-electron chi connectivity index (χ3n) is 2.89. The lowest BCUT2D eigenvalue weighted by molar-refractivity contribution is 0.102. The number of aromatic nitrogens is 1. The number of nitrogens with zero attached hydrogens (tertiary/aromatic N) is 1. The van der Waals surface area contributed by atoms with E-state index in [0.29, 0.717) is 11.4 Å². The van der Waals surface area contributed by atoms with Crippen LogP contribution in [0, 0.1) is 12.7 Å². The van der Waals surface area contributed by atoms with Gasteiger partial charge in [0, 0.05) is 17.8 Å².